The zero-order valence-electron chi connectivity index (χ0n) is 21.3. The molecule has 6 heteroatoms. The first-order valence-corrected chi connectivity index (χ1v) is 13.0. The summed E-state index contributed by atoms with van der Waals surface area (Å²) in [5, 5.41) is 3.10. The van der Waals surface area contributed by atoms with Gasteiger partial charge in [-0.25, -0.2) is 0 Å². The lowest BCUT2D eigenvalue weighted by molar-refractivity contribution is -0.135. The van der Waals surface area contributed by atoms with Crippen molar-refractivity contribution in [2.75, 3.05) is 37.5 Å². The van der Waals surface area contributed by atoms with E-state index < -0.39 is 0 Å². The molecule has 1 N–H and O–H groups in total. The van der Waals surface area contributed by atoms with E-state index in [1.807, 2.05) is 67.5 Å². The van der Waals surface area contributed by atoms with Crippen LogP contribution in [-0.2, 0) is 20.9 Å². The predicted octanol–water partition coefficient (Wildman–Crippen LogP) is 5.19. The SMILES string of the molecule is CCC(C(=O)N(Cc1cc(NC(=O)C2CCC2)ccc1N(C)C)CC1CCCO1)c1ccccc1. The van der Waals surface area contributed by atoms with Crippen molar-refractivity contribution < 1.29 is 14.3 Å². The van der Waals surface area contributed by atoms with E-state index in [1.54, 1.807) is 0 Å². The summed E-state index contributed by atoms with van der Waals surface area (Å²) in [7, 11) is 4.02. The fourth-order valence-electron chi connectivity index (χ4n) is 5.07. The van der Waals surface area contributed by atoms with Gasteiger partial charge < -0.3 is 19.9 Å². The molecule has 2 atom stereocenters. The minimum Gasteiger partial charge on any atom is -0.377 e. The first-order valence-electron chi connectivity index (χ1n) is 13.0. The second-order valence-electron chi connectivity index (χ2n) is 10.1. The zero-order valence-corrected chi connectivity index (χ0v) is 21.3. The Morgan fingerprint density at radius 1 is 1.06 bits per heavy atom. The number of anilines is 2. The van der Waals surface area contributed by atoms with Gasteiger partial charge in [0.1, 0.15) is 0 Å². The summed E-state index contributed by atoms with van der Waals surface area (Å²) in [4.78, 5) is 30.5. The van der Waals surface area contributed by atoms with Crippen LogP contribution in [0.1, 0.15) is 62.5 Å². The maximum atomic E-state index is 13.9. The molecular formula is C29H39N3O3. The van der Waals surface area contributed by atoms with Crippen molar-refractivity contribution in [3.05, 3.63) is 59.7 Å². The fourth-order valence-corrected chi connectivity index (χ4v) is 5.07. The molecule has 0 bridgehead atoms. The maximum absolute atomic E-state index is 13.9. The van der Waals surface area contributed by atoms with Crippen LogP contribution in [0.25, 0.3) is 0 Å². The molecule has 2 fully saturated rings. The van der Waals surface area contributed by atoms with Crippen LogP contribution < -0.4 is 10.2 Å². The number of nitrogens with one attached hydrogen (secondary N) is 1. The molecule has 0 aromatic heterocycles. The molecular weight excluding hydrogens is 438 g/mol. The molecule has 1 aliphatic heterocycles. The smallest absolute Gasteiger partial charge is 0.230 e. The van der Waals surface area contributed by atoms with E-state index in [4.69, 9.17) is 4.74 Å². The van der Waals surface area contributed by atoms with Crippen molar-refractivity contribution in [1.82, 2.24) is 4.90 Å². The Labute approximate surface area is 209 Å². The van der Waals surface area contributed by atoms with Crippen LogP contribution in [0, 0.1) is 5.92 Å². The number of rotatable bonds is 10. The van der Waals surface area contributed by atoms with Crippen molar-refractivity contribution in [2.24, 2.45) is 5.92 Å². The van der Waals surface area contributed by atoms with E-state index in [2.05, 4.69) is 17.1 Å². The Hall–Kier alpha value is -2.86. The van der Waals surface area contributed by atoms with Gasteiger partial charge in [0.25, 0.3) is 0 Å². The molecule has 0 spiro atoms. The number of ether oxygens (including phenoxy) is 1. The Morgan fingerprint density at radius 2 is 1.83 bits per heavy atom. The Balaban J connectivity index is 1.60. The number of amides is 2. The van der Waals surface area contributed by atoms with Gasteiger partial charge >= 0.3 is 0 Å². The molecule has 4 rings (SSSR count). The summed E-state index contributed by atoms with van der Waals surface area (Å²) >= 11 is 0. The second-order valence-corrected chi connectivity index (χ2v) is 10.1. The average molecular weight is 478 g/mol. The normalized spacial score (nSPS) is 18.5. The lowest BCUT2D eigenvalue weighted by Gasteiger charge is -2.31. The van der Waals surface area contributed by atoms with Crippen LogP contribution >= 0.6 is 0 Å². The van der Waals surface area contributed by atoms with Crippen LogP contribution in [0.3, 0.4) is 0 Å². The second kappa shape index (κ2) is 11.7. The fraction of sp³-hybridized carbons (Fsp3) is 0.517. The van der Waals surface area contributed by atoms with Gasteiger partial charge in [0, 0.05) is 51.1 Å². The van der Waals surface area contributed by atoms with Crippen molar-refractivity contribution >= 4 is 23.2 Å². The summed E-state index contributed by atoms with van der Waals surface area (Å²) in [5.41, 5.74) is 3.91. The van der Waals surface area contributed by atoms with Gasteiger partial charge in [-0.05, 0) is 61.4 Å². The lowest BCUT2D eigenvalue weighted by Crippen LogP contribution is -2.40. The summed E-state index contributed by atoms with van der Waals surface area (Å²) in [5.74, 6) is 0.160. The average Bonchev–Trinajstić information content (AvgIpc) is 3.32. The van der Waals surface area contributed by atoms with Crippen LogP contribution in [0.15, 0.2) is 48.5 Å². The third kappa shape index (κ3) is 6.23. The van der Waals surface area contributed by atoms with E-state index in [1.165, 1.54) is 0 Å². The molecule has 1 aliphatic carbocycles. The monoisotopic (exact) mass is 477 g/mol. The summed E-state index contributed by atoms with van der Waals surface area (Å²) in [6.07, 6.45) is 5.88. The van der Waals surface area contributed by atoms with E-state index in [0.29, 0.717) is 13.1 Å². The summed E-state index contributed by atoms with van der Waals surface area (Å²) < 4.78 is 5.93. The highest BCUT2D eigenvalue weighted by Gasteiger charge is 2.29. The molecule has 0 radical (unpaired) electrons. The van der Waals surface area contributed by atoms with E-state index in [9.17, 15) is 9.59 Å². The maximum Gasteiger partial charge on any atom is 0.230 e. The number of carbonyl (C=O) groups is 2. The molecule has 2 unspecified atom stereocenters. The van der Waals surface area contributed by atoms with Crippen LogP contribution in [-0.4, -0.2) is 50.1 Å². The quantitative estimate of drug-likeness (QED) is 0.511. The minimum atomic E-state index is -0.193. The Morgan fingerprint density at radius 3 is 2.43 bits per heavy atom. The number of benzene rings is 2. The lowest BCUT2D eigenvalue weighted by atomic mass is 9.85. The topological polar surface area (TPSA) is 61.9 Å². The van der Waals surface area contributed by atoms with Gasteiger partial charge in [-0.15, -0.1) is 0 Å². The third-order valence-electron chi connectivity index (χ3n) is 7.33. The van der Waals surface area contributed by atoms with Gasteiger partial charge in [-0.1, -0.05) is 43.7 Å². The van der Waals surface area contributed by atoms with Gasteiger partial charge in [0.05, 0.1) is 12.0 Å². The molecule has 1 saturated heterocycles. The van der Waals surface area contributed by atoms with Crippen LogP contribution in [0.5, 0.6) is 0 Å². The highest BCUT2D eigenvalue weighted by molar-refractivity contribution is 5.93. The third-order valence-corrected chi connectivity index (χ3v) is 7.33. The Bertz CT molecular complexity index is 997. The molecule has 2 aromatic rings. The zero-order chi connectivity index (χ0) is 24.8. The largest absolute Gasteiger partial charge is 0.377 e. The van der Waals surface area contributed by atoms with E-state index >= 15 is 0 Å². The molecule has 2 amide bonds. The highest BCUT2D eigenvalue weighted by atomic mass is 16.5. The predicted molar refractivity (Wildman–Crippen MR) is 141 cm³/mol. The highest BCUT2D eigenvalue weighted by Crippen LogP contribution is 2.31. The summed E-state index contributed by atoms with van der Waals surface area (Å²) in [6.45, 7) is 3.88. The van der Waals surface area contributed by atoms with E-state index in [0.717, 1.165) is 67.6 Å². The van der Waals surface area contributed by atoms with Gasteiger partial charge in [0.15, 0.2) is 0 Å². The van der Waals surface area contributed by atoms with Crippen LogP contribution in [0.4, 0.5) is 11.4 Å². The molecule has 35 heavy (non-hydrogen) atoms. The molecule has 1 heterocycles. The summed E-state index contributed by atoms with van der Waals surface area (Å²) in [6, 6.07) is 16.1. The van der Waals surface area contributed by atoms with E-state index in [-0.39, 0.29) is 29.8 Å². The first-order chi connectivity index (χ1) is 17.0. The van der Waals surface area contributed by atoms with Crippen molar-refractivity contribution in [3.8, 4) is 0 Å². The molecule has 188 valence electrons. The minimum absolute atomic E-state index is 0.0662. The van der Waals surface area contributed by atoms with Crippen LogP contribution in [0.2, 0.25) is 0 Å². The van der Waals surface area contributed by atoms with Gasteiger partial charge in [-0.2, -0.15) is 0 Å². The molecule has 1 saturated carbocycles. The van der Waals surface area contributed by atoms with Gasteiger partial charge in [-0.3, -0.25) is 9.59 Å². The molecule has 2 aromatic carbocycles. The number of nitrogens with zero attached hydrogens (tertiary/aromatic N) is 2. The first kappa shape index (κ1) is 25.2. The number of carbonyl (C=O) groups excluding carboxylic acids is 2. The van der Waals surface area contributed by atoms with Crippen molar-refractivity contribution in [2.45, 2.75) is 64.0 Å². The molecule has 2 aliphatic rings. The van der Waals surface area contributed by atoms with Crippen molar-refractivity contribution in [3.63, 3.8) is 0 Å². The van der Waals surface area contributed by atoms with Crippen molar-refractivity contribution in [1.29, 1.82) is 0 Å². The number of hydrogen-bond donors (Lipinski definition) is 1. The molecule has 6 nitrogen and oxygen atoms in total. The standard InChI is InChI=1S/C29H39N3O3/c1-4-26(21-10-6-5-7-11-21)29(34)32(20-25-14-9-17-35-25)19-23-18-24(15-16-27(23)31(2)3)30-28(33)22-12-8-13-22/h5-7,10-11,15-16,18,22,25-26H,4,8-9,12-14,17,19-20H2,1-3H3,(H,30,33). The van der Waals surface area contributed by atoms with Gasteiger partial charge in [0.2, 0.25) is 11.8 Å². The number of hydrogen-bond acceptors (Lipinski definition) is 4. The Kier molecular flexibility index (Phi) is 8.45.